The molecule has 0 aliphatic rings. The first-order chi connectivity index (χ1) is 7.49. The van der Waals surface area contributed by atoms with Crippen molar-refractivity contribution in [2.75, 3.05) is 0 Å². The van der Waals surface area contributed by atoms with Gasteiger partial charge in [0, 0.05) is 12.4 Å². The molecule has 0 saturated carbocycles. The van der Waals surface area contributed by atoms with Crippen molar-refractivity contribution in [1.29, 1.82) is 0 Å². The molecule has 0 radical (unpaired) electrons. The zero-order valence-electron chi connectivity index (χ0n) is 11.0. The smallest absolute Gasteiger partial charge is 0.144 e. The molecule has 2 N–H and O–H groups in total. The Hall–Kier alpha value is -1.38. The summed E-state index contributed by atoms with van der Waals surface area (Å²) in [6.45, 7) is 10.3. The first-order valence-electron chi connectivity index (χ1n) is 5.68. The Kier molecular flexibility index (Phi) is 7.18. The second-order valence-electron chi connectivity index (χ2n) is 4.05. The average molecular weight is 221 g/mol. The molecule has 0 fully saturated rings. The summed E-state index contributed by atoms with van der Waals surface area (Å²) >= 11 is 0. The van der Waals surface area contributed by atoms with Crippen LogP contribution < -0.4 is 5.73 Å². The normalized spacial score (nSPS) is 15.2. The Balaban J connectivity index is 4.60. The summed E-state index contributed by atoms with van der Waals surface area (Å²) in [5, 5.41) is 0. The van der Waals surface area contributed by atoms with Crippen LogP contribution in [-0.4, -0.2) is 11.5 Å². The predicted molar refractivity (Wildman–Crippen MR) is 72.8 cm³/mol. The van der Waals surface area contributed by atoms with E-state index in [0.717, 1.165) is 12.1 Å². The lowest BCUT2D eigenvalue weighted by molar-refractivity contribution is 0.766. The quantitative estimate of drug-likeness (QED) is 0.562. The van der Waals surface area contributed by atoms with Gasteiger partial charge in [0.25, 0.3) is 0 Å². The van der Waals surface area contributed by atoms with E-state index in [1.807, 2.05) is 19.2 Å². The monoisotopic (exact) mass is 221 g/mol. The van der Waals surface area contributed by atoms with Crippen LogP contribution in [0.4, 0.5) is 0 Å². The van der Waals surface area contributed by atoms with Crippen LogP contribution in [0.3, 0.4) is 0 Å². The summed E-state index contributed by atoms with van der Waals surface area (Å²) in [5.74, 6) is 0.979. The molecule has 0 bridgehead atoms. The standard InChI is InChI=1S/C13H23N3/c1-6-7-8-15-13(14)12(5)16-9-11(4)10(2)3/h7-10H,6H2,1-5H3,(H2,14,15)/b8-7+,11-9+,16-12?. The maximum Gasteiger partial charge on any atom is 0.144 e. The molecule has 0 spiro atoms. The van der Waals surface area contributed by atoms with Crippen molar-refractivity contribution in [3.63, 3.8) is 0 Å². The van der Waals surface area contributed by atoms with Crippen molar-refractivity contribution in [3.05, 3.63) is 24.0 Å². The number of aliphatic imine (C=N–C) groups is 2. The lowest BCUT2D eigenvalue weighted by atomic mass is 10.1. The van der Waals surface area contributed by atoms with Gasteiger partial charge in [0.2, 0.25) is 0 Å². The average Bonchev–Trinajstić information content (AvgIpc) is 2.25. The van der Waals surface area contributed by atoms with E-state index in [0.29, 0.717) is 11.8 Å². The van der Waals surface area contributed by atoms with Crippen molar-refractivity contribution in [2.45, 2.75) is 41.0 Å². The number of nitrogens with zero attached hydrogens (tertiary/aromatic N) is 2. The van der Waals surface area contributed by atoms with Gasteiger partial charge >= 0.3 is 0 Å². The Bertz CT molecular complexity index is 320. The molecule has 0 aliphatic heterocycles. The molecule has 0 atom stereocenters. The van der Waals surface area contributed by atoms with Crippen LogP contribution >= 0.6 is 0 Å². The number of nitrogens with two attached hydrogens (primary N) is 1. The van der Waals surface area contributed by atoms with Crippen LogP contribution in [0.1, 0.15) is 41.0 Å². The molecule has 3 heteroatoms. The van der Waals surface area contributed by atoms with Crippen LogP contribution in [0.2, 0.25) is 0 Å². The molecule has 90 valence electrons. The Morgan fingerprint density at radius 1 is 1.25 bits per heavy atom. The number of rotatable bonds is 5. The Labute approximate surface area is 98.9 Å². The lowest BCUT2D eigenvalue weighted by Crippen LogP contribution is -2.20. The van der Waals surface area contributed by atoms with Gasteiger partial charge in [-0.05, 0) is 26.2 Å². The maximum atomic E-state index is 5.76. The molecule has 0 aromatic carbocycles. The molecule has 16 heavy (non-hydrogen) atoms. The van der Waals surface area contributed by atoms with Crippen molar-refractivity contribution in [1.82, 2.24) is 0 Å². The highest BCUT2D eigenvalue weighted by molar-refractivity contribution is 6.40. The Morgan fingerprint density at radius 3 is 2.38 bits per heavy atom. The highest BCUT2D eigenvalue weighted by atomic mass is 14.9. The Morgan fingerprint density at radius 2 is 1.88 bits per heavy atom. The summed E-state index contributed by atoms with van der Waals surface area (Å²) in [5.41, 5.74) is 7.74. The summed E-state index contributed by atoms with van der Waals surface area (Å²) < 4.78 is 0. The van der Waals surface area contributed by atoms with Gasteiger partial charge in [-0.1, -0.05) is 32.4 Å². The van der Waals surface area contributed by atoms with Crippen LogP contribution in [0.15, 0.2) is 34.0 Å². The fourth-order valence-corrected chi connectivity index (χ4v) is 0.746. The van der Waals surface area contributed by atoms with E-state index in [9.17, 15) is 0 Å². The van der Waals surface area contributed by atoms with Gasteiger partial charge in [0.15, 0.2) is 0 Å². The van der Waals surface area contributed by atoms with Crippen molar-refractivity contribution in [3.8, 4) is 0 Å². The third kappa shape index (κ3) is 6.17. The van der Waals surface area contributed by atoms with Gasteiger partial charge in [-0.15, -0.1) is 0 Å². The van der Waals surface area contributed by atoms with E-state index in [1.54, 1.807) is 6.20 Å². The van der Waals surface area contributed by atoms with Gasteiger partial charge in [0.1, 0.15) is 5.84 Å². The fraction of sp³-hybridized carbons (Fsp3) is 0.538. The number of allylic oxidation sites excluding steroid dienone is 2. The van der Waals surface area contributed by atoms with E-state index in [4.69, 9.17) is 5.73 Å². The maximum absolute atomic E-state index is 5.76. The van der Waals surface area contributed by atoms with E-state index < -0.39 is 0 Å². The SMILES string of the molecule is CC/C=C/N=C(N)C(C)=N/C=C(\C)C(C)C. The molecule has 0 rings (SSSR count). The number of hydrogen-bond donors (Lipinski definition) is 1. The molecule has 0 aliphatic carbocycles. The van der Waals surface area contributed by atoms with E-state index in [1.165, 1.54) is 5.57 Å². The fourth-order valence-electron chi connectivity index (χ4n) is 0.746. The molecular weight excluding hydrogens is 198 g/mol. The number of amidine groups is 1. The topological polar surface area (TPSA) is 50.7 Å². The van der Waals surface area contributed by atoms with Crippen molar-refractivity contribution in [2.24, 2.45) is 21.6 Å². The highest BCUT2D eigenvalue weighted by Gasteiger charge is 1.97. The van der Waals surface area contributed by atoms with E-state index in [2.05, 4.69) is 37.7 Å². The zero-order valence-corrected chi connectivity index (χ0v) is 11.0. The summed E-state index contributed by atoms with van der Waals surface area (Å²) in [6.07, 6.45) is 6.48. The molecule has 0 aromatic heterocycles. The van der Waals surface area contributed by atoms with Gasteiger partial charge < -0.3 is 5.73 Å². The first kappa shape index (κ1) is 14.6. The summed E-state index contributed by atoms with van der Waals surface area (Å²) in [4.78, 5) is 8.38. The second-order valence-corrected chi connectivity index (χ2v) is 4.05. The largest absolute Gasteiger partial charge is 0.382 e. The highest BCUT2D eigenvalue weighted by Crippen LogP contribution is 2.07. The molecular formula is C13H23N3. The minimum Gasteiger partial charge on any atom is -0.382 e. The van der Waals surface area contributed by atoms with Gasteiger partial charge in [-0.2, -0.15) is 0 Å². The molecule has 0 aromatic rings. The van der Waals surface area contributed by atoms with Crippen LogP contribution in [0.5, 0.6) is 0 Å². The second kappa shape index (κ2) is 7.85. The molecule has 0 unspecified atom stereocenters. The predicted octanol–water partition coefficient (Wildman–Crippen LogP) is 3.29. The van der Waals surface area contributed by atoms with Crippen LogP contribution in [-0.2, 0) is 0 Å². The summed E-state index contributed by atoms with van der Waals surface area (Å²) in [6, 6.07) is 0. The van der Waals surface area contributed by atoms with Crippen molar-refractivity contribution < 1.29 is 0 Å². The van der Waals surface area contributed by atoms with E-state index >= 15 is 0 Å². The van der Waals surface area contributed by atoms with Crippen molar-refractivity contribution >= 4 is 11.5 Å². The third-order valence-electron chi connectivity index (χ3n) is 2.30. The van der Waals surface area contributed by atoms with Gasteiger partial charge in [-0.3, -0.25) is 4.99 Å². The van der Waals surface area contributed by atoms with Crippen LogP contribution in [0.25, 0.3) is 0 Å². The number of hydrogen-bond acceptors (Lipinski definition) is 2. The molecule has 0 amide bonds. The van der Waals surface area contributed by atoms with Crippen LogP contribution in [0, 0.1) is 5.92 Å². The van der Waals surface area contributed by atoms with Gasteiger partial charge in [0.05, 0.1) is 5.71 Å². The minimum atomic E-state index is 0.470. The zero-order chi connectivity index (χ0) is 12.6. The third-order valence-corrected chi connectivity index (χ3v) is 2.30. The molecule has 3 nitrogen and oxygen atoms in total. The molecule has 0 heterocycles. The minimum absolute atomic E-state index is 0.470. The van der Waals surface area contributed by atoms with E-state index in [-0.39, 0.29) is 0 Å². The molecule has 0 saturated heterocycles. The first-order valence-corrected chi connectivity index (χ1v) is 5.68. The lowest BCUT2D eigenvalue weighted by Gasteiger charge is -2.02. The summed E-state index contributed by atoms with van der Waals surface area (Å²) in [7, 11) is 0. The van der Waals surface area contributed by atoms with Gasteiger partial charge in [-0.25, -0.2) is 4.99 Å².